The van der Waals surface area contributed by atoms with Crippen LogP contribution in [0.5, 0.6) is 0 Å². The van der Waals surface area contributed by atoms with Gasteiger partial charge in [0.1, 0.15) is 0 Å². The molecule has 1 saturated heterocycles. The van der Waals surface area contributed by atoms with Crippen molar-refractivity contribution in [3.8, 4) is 0 Å². The van der Waals surface area contributed by atoms with E-state index in [1.165, 1.54) is 11.3 Å². The van der Waals surface area contributed by atoms with Gasteiger partial charge in [0.05, 0.1) is 18.9 Å². The normalized spacial score (nSPS) is 18.7. The van der Waals surface area contributed by atoms with E-state index in [9.17, 15) is 4.79 Å². The molecule has 1 aromatic heterocycles. The summed E-state index contributed by atoms with van der Waals surface area (Å²) in [6.45, 7) is 15.2. The fourth-order valence-electron chi connectivity index (χ4n) is 3.96. The van der Waals surface area contributed by atoms with Crippen LogP contribution in [-0.2, 0) is 29.0 Å². The van der Waals surface area contributed by atoms with E-state index in [0.29, 0.717) is 25.5 Å². The van der Waals surface area contributed by atoms with Gasteiger partial charge < -0.3 is 15.0 Å². The van der Waals surface area contributed by atoms with Crippen LogP contribution in [0.15, 0.2) is 0 Å². The highest BCUT2D eigenvalue weighted by molar-refractivity contribution is 5.76. The number of nitrogens with zero attached hydrogens (tertiary/aromatic N) is 4. The summed E-state index contributed by atoms with van der Waals surface area (Å²) in [4.78, 5) is 17.2. The highest BCUT2D eigenvalue weighted by atomic mass is 16.5. The molecule has 3 heterocycles. The maximum atomic E-state index is 12.3. The molecule has 0 aromatic carbocycles. The number of rotatable bonds is 8. The number of aryl methyl sites for hydroxylation is 1. The van der Waals surface area contributed by atoms with Gasteiger partial charge in [-0.2, -0.15) is 5.10 Å². The van der Waals surface area contributed by atoms with E-state index in [-0.39, 0.29) is 5.91 Å². The molecule has 152 valence electrons. The first-order valence-electron chi connectivity index (χ1n) is 10.5. The predicted molar refractivity (Wildman–Crippen MR) is 106 cm³/mol. The van der Waals surface area contributed by atoms with Crippen LogP contribution in [0.25, 0.3) is 0 Å². The summed E-state index contributed by atoms with van der Waals surface area (Å²) in [5, 5.41) is 7.85. The Morgan fingerprint density at radius 1 is 1.22 bits per heavy atom. The number of piperazine rings is 1. The number of nitrogens with one attached hydrogen (secondary N) is 1. The first-order valence-corrected chi connectivity index (χ1v) is 10.5. The zero-order chi connectivity index (χ0) is 19.2. The van der Waals surface area contributed by atoms with E-state index in [4.69, 9.17) is 9.84 Å². The lowest BCUT2D eigenvalue weighted by Crippen LogP contribution is -2.48. The van der Waals surface area contributed by atoms with Gasteiger partial charge in [-0.25, -0.2) is 0 Å². The van der Waals surface area contributed by atoms with Gasteiger partial charge in [-0.3, -0.25) is 14.4 Å². The van der Waals surface area contributed by atoms with Crippen LogP contribution in [0.1, 0.15) is 50.2 Å². The summed E-state index contributed by atoms with van der Waals surface area (Å²) >= 11 is 0. The number of aromatic nitrogens is 2. The predicted octanol–water partition coefficient (Wildman–Crippen LogP) is 1.22. The van der Waals surface area contributed by atoms with Gasteiger partial charge >= 0.3 is 0 Å². The molecule has 0 bridgehead atoms. The van der Waals surface area contributed by atoms with Crippen LogP contribution in [0.3, 0.4) is 0 Å². The lowest BCUT2D eigenvalue weighted by molar-refractivity contribution is -0.121. The maximum Gasteiger partial charge on any atom is 0.220 e. The molecule has 0 aliphatic carbocycles. The van der Waals surface area contributed by atoms with E-state index in [1.807, 2.05) is 0 Å². The standard InChI is InChI=1S/C20H35N5O2/c1-4-23-10-12-24(13-11-23)9-8-21-20(26)6-5-18-17-15-27-14-7-19(17)25(22-18)16(2)3/h16H,4-15H2,1-3H3,(H,21,26). The van der Waals surface area contributed by atoms with Crippen molar-refractivity contribution in [2.45, 2.75) is 52.7 Å². The Hall–Kier alpha value is -1.44. The Balaban J connectivity index is 1.42. The van der Waals surface area contributed by atoms with Crippen molar-refractivity contribution >= 4 is 5.91 Å². The molecule has 0 radical (unpaired) electrons. The zero-order valence-corrected chi connectivity index (χ0v) is 17.2. The number of carbonyl (C=O) groups excluding carboxylic acids is 1. The molecule has 7 heteroatoms. The third kappa shape index (κ3) is 5.30. The average Bonchev–Trinajstić information content (AvgIpc) is 3.06. The van der Waals surface area contributed by atoms with Gasteiger partial charge in [0.25, 0.3) is 0 Å². The van der Waals surface area contributed by atoms with Gasteiger partial charge in [0.15, 0.2) is 0 Å². The molecule has 0 spiro atoms. The summed E-state index contributed by atoms with van der Waals surface area (Å²) in [6, 6.07) is 0.340. The molecule has 0 unspecified atom stereocenters. The first kappa shape index (κ1) is 20.3. The van der Waals surface area contributed by atoms with E-state index < -0.39 is 0 Å². The number of likely N-dealkylation sites (N-methyl/N-ethyl adjacent to an activating group) is 1. The van der Waals surface area contributed by atoms with Gasteiger partial charge in [-0.1, -0.05) is 6.92 Å². The molecular formula is C20H35N5O2. The third-order valence-electron chi connectivity index (χ3n) is 5.67. The summed E-state index contributed by atoms with van der Waals surface area (Å²) in [6.07, 6.45) is 2.09. The second kappa shape index (κ2) is 9.66. The quantitative estimate of drug-likeness (QED) is 0.738. The minimum Gasteiger partial charge on any atom is -0.376 e. The SMILES string of the molecule is CCN1CCN(CCNC(=O)CCc2nn(C(C)C)c3c2COCC3)CC1. The number of fused-ring (bicyclic) bond motifs is 1. The van der Waals surface area contributed by atoms with E-state index in [2.05, 4.69) is 40.6 Å². The molecular weight excluding hydrogens is 342 g/mol. The topological polar surface area (TPSA) is 62.6 Å². The summed E-state index contributed by atoms with van der Waals surface area (Å²) in [5.74, 6) is 0.117. The summed E-state index contributed by atoms with van der Waals surface area (Å²) in [5.41, 5.74) is 3.53. The van der Waals surface area contributed by atoms with E-state index in [0.717, 1.165) is 64.5 Å². The lowest BCUT2D eigenvalue weighted by atomic mass is 10.1. The lowest BCUT2D eigenvalue weighted by Gasteiger charge is -2.33. The molecule has 27 heavy (non-hydrogen) atoms. The van der Waals surface area contributed by atoms with E-state index >= 15 is 0 Å². The van der Waals surface area contributed by atoms with Crippen molar-refractivity contribution < 1.29 is 9.53 Å². The van der Waals surface area contributed by atoms with E-state index in [1.54, 1.807) is 0 Å². The highest BCUT2D eigenvalue weighted by Gasteiger charge is 2.22. The Morgan fingerprint density at radius 2 is 1.96 bits per heavy atom. The van der Waals surface area contributed by atoms with Crippen molar-refractivity contribution in [1.82, 2.24) is 24.9 Å². The van der Waals surface area contributed by atoms with Crippen molar-refractivity contribution in [3.63, 3.8) is 0 Å². The number of hydrogen-bond acceptors (Lipinski definition) is 5. The Bertz CT molecular complexity index is 620. The van der Waals surface area contributed by atoms with Crippen molar-refractivity contribution in [1.29, 1.82) is 0 Å². The summed E-state index contributed by atoms with van der Waals surface area (Å²) < 4.78 is 7.73. The van der Waals surface area contributed by atoms with Gasteiger partial charge in [-0.05, 0) is 20.4 Å². The van der Waals surface area contributed by atoms with Crippen LogP contribution < -0.4 is 5.32 Å². The zero-order valence-electron chi connectivity index (χ0n) is 17.2. The number of amides is 1. The van der Waals surface area contributed by atoms with Gasteiger partial charge in [0, 0.05) is 75.8 Å². The number of ether oxygens (including phenoxy) is 1. The van der Waals surface area contributed by atoms with Crippen molar-refractivity contribution in [3.05, 3.63) is 17.0 Å². The van der Waals surface area contributed by atoms with Crippen molar-refractivity contribution in [2.75, 3.05) is 52.4 Å². The molecule has 1 amide bonds. The molecule has 3 rings (SSSR count). The second-order valence-corrected chi connectivity index (χ2v) is 7.84. The molecule has 1 fully saturated rings. The average molecular weight is 378 g/mol. The molecule has 0 saturated carbocycles. The minimum atomic E-state index is 0.117. The molecule has 2 aliphatic heterocycles. The monoisotopic (exact) mass is 377 g/mol. The Kier molecular flexibility index (Phi) is 7.26. The van der Waals surface area contributed by atoms with Crippen LogP contribution in [0.4, 0.5) is 0 Å². The summed E-state index contributed by atoms with van der Waals surface area (Å²) in [7, 11) is 0. The molecule has 1 aromatic rings. The first-order chi connectivity index (χ1) is 13.1. The number of hydrogen-bond donors (Lipinski definition) is 1. The van der Waals surface area contributed by atoms with Crippen LogP contribution in [0, 0.1) is 0 Å². The molecule has 7 nitrogen and oxygen atoms in total. The molecule has 1 N–H and O–H groups in total. The largest absolute Gasteiger partial charge is 0.376 e. The highest BCUT2D eigenvalue weighted by Crippen LogP contribution is 2.24. The van der Waals surface area contributed by atoms with Gasteiger partial charge in [0.2, 0.25) is 5.91 Å². The van der Waals surface area contributed by atoms with Crippen LogP contribution >= 0.6 is 0 Å². The third-order valence-corrected chi connectivity index (χ3v) is 5.67. The Labute approximate surface area is 163 Å². The van der Waals surface area contributed by atoms with Gasteiger partial charge in [-0.15, -0.1) is 0 Å². The van der Waals surface area contributed by atoms with Crippen LogP contribution in [-0.4, -0.2) is 77.9 Å². The maximum absolute atomic E-state index is 12.3. The minimum absolute atomic E-state index is 0.117. The fourth-order valence-corrected chi connectivity index (χ4v) is 3.96. The van der Waals surface area contributed by atoms with Crippen molar-refractivity contribution in [2.24, 2.45) is 0 Å². The number of carbonyl (C=O) groups is 1. The smallest absolute Gasteiger partial charge is 0.220 e. The Morgan fingerprint density at radius 3 is 2.67 bits per heavy atom. The molecule has 0 atom stereocenters. The van der Waals surface area contributed by atoms with Crippen LogP contribution in [0.2, 0.25) is 0 Å². The second-order valence-electron chi connectivity index (χ2n) is 7.84. The molecule has 2 aliphatic rings. The fraction of sp³-hybridized carbons (Fsp3) is 0.800.